The third kappa shape index (κ3) is 4.38. The quantitative estimate of drug-likeness (QED) is 0.515. The fourth-order valence-corrected chi connectivity index (χ4v) is 1.75. The van der Waals surface area contributed by atoms with Crippen LogP contribution >= 0.6 is 11.8 Å². The van der Waals surface area contributed by atoms with Gasteiger partial charge in [-0.1, -0.05) is 12.1 Å². The summed E-state index contributed by atoms with van der Waals surface area (Å²) >= 11 is 1.66. The Balaban J connectivity index is 2.37. The smallest absolute Gasteiger partial charge is 0.330 e. The number of aliphatic carboxylic acids is 1. The molecular formula is C12H16N2O3S. The maximum absolute atomic E-state index is 11.3. The van der Waals surface area contributed by atoms with E-state index >= 15 is 0 Å². The van der Waals surface area contributed by atoms with Crippen molar-refractivity contribution in [1.82, 2.24) is 5.32 Å². The number of carbonyl (C=O) groups excluding carboxylic acids is 1. The lowest BCUT2D eigenvalue weighted by atomic mass is 10.1. The summed E-state index contributed by atoms with van der Waals surface area (Å²) in [5.74, 6) is -1.99. The van der Waals surface area contributed by atoms with E-state index in [1.54, 1.807) is 11.8 Å². The number of carbonyl (C=O) groups is 2. The number of nitrogens with one attached hydrogen (secondary N) is 1. The van der Waals surface area contributed by atoms with E-state index in [1.165, 1.54) is 4.90 Å². The molecule has 0 bridgehead atoms. The van der Waals surface area contributed by atoms with Gasteiger partial charge in [0, 0.05) is 11.4 Å². The van der Waals surface area contributed by atoms with Gasteiger partial charge >= 0.3 is 5.97 Å². The van der Waals surface area contributed by atoms with Crippen molar-refractivity contribution in [1.29, 1.82) is 0 Å². The molecule has 1 unspecified atom stereocenters. The Labute approximate surface area is 110 Å². The lowest BCUT2D eigenvalue weighted by Crippen LogP contribution is -2.46. The first-order valence-electron chi connectivity index (χ1n) is 5.43. The van der Waals surface area contributed by atoms with Crippen molar-refractivity contribution in [3.63, 3.8) is 0 Å². The summed E-state index contributed by atoms with van der Waals surface area (Å²) in [6.07, 6.45) is 2.65. The molecule has 0 aliphatic carbocycles. The zero-order valence-electron chi connectivity index (χ0n) is 10.1. The molecule has 0 radical (unpaired) electrons. The van der Waals surface area contributed by atoms with Crippen LogP contribution in [0.2, 0.25) is 0 Å². The third-order valence-electron chi connectivity index (χ3n) is 2.42. The molecule has 98 valence electrons. The van der Waals surface area contributed by atoms with Gasteiger partial charge in [-0.05, 0) is 30.4 Å². The molecule has 0 heterocycles. The molecule has 0 fully saturated rings. The molecule has 0 spiro atoms. The van der Waals surface area contributed by atoms with Crippen molar-refractivity contribution >= 4 is 23.6 Å². The monoisotopic (exact) mass is 268 g/mol. The molecule has 1 aromatic rings. The molecule has 18 heavy (non-hydrogen) atoms. The van der Waals surface area contributed by atoms with Crippen LogP contribution in [-0.2, 0) is 16.0 Å². The average molecular weight is 268 g/mol. The van der Waals surface area contributed by atoms with E-state index < -0.39 is 17.9 Å². The molecule has 1 atom stereocenters. The van der Waals surface area contributed by atoms with Gasteiger partial charge in [0.2, 0.25) is 5.91 Å². The Kier molecular flexibility index (Phi) is 5.67. The molecule has 1 aromatic carbocycles. The van der Waals surface area contributed by atoms with E-state index in [1.807, 2.05) is 30.5 Å². The SMILES string of the molecule is CSc1ccc(CCNC(=O)C(N)C(=O)O)cc1. The number of carboxylic acids is 1. The lowest BCUT2D eigenvalue weighted by molar-refractivity contribution is -0.142. The molecule has 4 N–H and O–H groups in total. The average Bonchev–Trinajstić information content (AvgIpc) is 2.38. The van der Waals surface area contributed by atoms with Gasteiger partial charge < -0.3 is 16.2 Å². The Morgan fingerprint density at radius 1 is 1.39 bits per heavy atom. The van der Waals surface area contributed by atoms with Crippen molar-refractivity contribution in [2.75, 3.05) is 12.8 Å². The Morgan fingerprint density at radius 3 is 2.50 bits per heavy atom. The zero-order chi connectivity index (χ0) is 13.5. The second-order valence-corrected chi connectivity index (χ2v) is 4.58. The zero-order valence-corrected chi connectivity index (χ0v) is 10.9. The highest BCUT2D eigenvalue weighted by Gasteiger charge is 2.20. The Morgan fingerprint density at radius 2 is 2.00 bits per heavy atom. The van der Waals surface area contributed by atoms with Crippen molar-refractivity contribution in [2.45, 2.75) is 17.4 Å². The van der Waals surface area contributed by atoms with Gasteiger partial charge in [0.25, 0.3) is 0 Å². The highest BCUT2D eigenvalue weighted by molar-refractivity contribution is 7.98. The molecule has 0 aliphatic heterocycles. The first-order valence-corrected chi connectivity index (χ1v) is 6.66. The highest BCUT2D eigenvalue weighted by Crippen LogP contribution is 2.14. The van der Waals surface area contributed by atoms with Crippen LogP contribution in [0, 0.1) is 0 Å². The highest BCUT2D eigenvalue weighted by atomic mass is 32.2. The number of hydrogen-bond donors (Lipinski definition) is 3. The summed E-state index contributed by atoms with van der Waals surface area (Å²) in [5.41, 5.74) is 6.24. The maximum Gasteiger partial charge on any atom is 0.330 e. The normalized spacial score (nSPS) is 11.9. The molecule has 5 nitrogen and oxygen atoms in total. The fourth-order valence-electron chi connectivity index (χ4n) is 1.34. The molecule has 1 rings (SSSR count). The van der Waals surface area contributed by atoms with Crippen molar-refractivity contribution in [3.05, 3.63) is 29.8 Å². The number of carboxylic acid groups (broad SMARTS) is 1. The number of rotatable bonds is 6. The number of thioether (sulfide) groups is 1. The van der Waals surface area contributed by atoms with Crippen LogP contribution < -0.4 is 11.1 Å². The van der Waals surface area contributed by atoms with Crippen LogP contribution in [-0.4, -0.2) is 35.8 Å². The molecule has 6 heteroatoms. The largest absolute Gasteiger partial charge is 0.480 e. The minimum atomic E-state index is -1.50. The van der Waals surface area contributed by atoms with Gasteiger partial charge in [0.15, 0.2) is 6.04 Å². The van der Waals surface area contributed by atoms with E-state index in [4.69, 9.17) is 10.8 Å². The standard InChI is InChI=1S/C12H16N2O3S/c1-18-9-4-2-8(3-5-9)6-7-14-11(15)10(13)12(16)17/h2-5,10H,6-7,13H2,1H3,(H,14,15)(H,16,17). The van der Waals surface area contributed by atoms with Crippen LogP contribution in [0.3, 0.4) is 0 Å². The van der Waals surface area contributed by atoms with Gasteiger partial charge in [0.1, 0.15) is 0 Å². The minimum Gasteiger partial charge on any atom is -0.480 e. The van der Waals surface area contributed by atoms with E-state index in [0.717, 1.165) is 5.56 Å². The molecule has 0 saturated carbocycles. The molecule has 1 amide bonds. The van der Waals surface area contributed by atoms with E-state index in [2.05, 4.69) is 5.32 Å². The number of amides is 1. The predicted molar refractivity (Wildman–Crippen MR) is 70.5 cm³/mol. The summed E-state index contributed by atoms with van der Waals surface area (Å²) in [4.78, 5) is 22.9. The Bertz CT molecular complexity index is 420. The van der Waals surface area contributed by atoms with Crippen LogP contribution in [0.1, 0.15) is 5.56 Å². The maximum atomic E-state index is 11.3. The molecule has 0 saturated heterocycles. The molecule has 0 aliphatic rings. The first kappa shape index (κ1) is 14.5. The van der Waals surface area contributed by atoms with Crippen LogP contribution in [0.4, 0.5) is 0 Å². The number of hydrogen-bond acceptors (Lipinski definition) is 4. The fraction of sp³-hybridized carbons (Fsp3) is 0.333. The van der Waals surface area contributed by atoms with Crippen molar-refractivity contribution in [3.8, 4) is 0 Å². The van der Waals surface area contributed by atoms with E-state index in [9.17, 15) is 9.59 Å². The van der Waals surface area contributed by atoms with Gasteiger partial charge in [-0.2, -0.15) is 0 Å². The van der Waals surface area contributed by atoms with Gasteiger partial charge in [-0.3, -0.25) is 4.79 Å². The second-order valence-electron chi connectivity index (χ2n) is 3.71. The van der Waals surface area contributed by atoms with Gasteiger partial charge in [-0.15, -0.1) is 11.8 Å². The summed E-state index contributed by atoms with van der Waals surface area (Å²) in [6, 6.07) is 6.48. The topological polar surface area (TPSA) is 92.4 Å². The number of nitrogens with two attached hydrogens (primary N) is 1. The van der Waals surface area contributed by atoms with Gasteiger partial charge in [-0.25, -0.2) is 4.79 Å². The second kappa shape index (κ2) is 7.03. The third-order valence-corrected chi connectivity index (χ3v) is 3.16. The van der Waals surface area contributed by atoms with E-state index in [-0.39, 0.29) is 0 Å². The van der Waals surface area contributed by atoms with Crippen LogP contribution in [0.25, 0.3) is 0 Å². The molecule has 0 aromatic heterocycles. The van der Waals surface area contributed by atoms with Crippen LogP contribution in [0.5, 0.6) is 0 Å². The summed E-state index contributed by atoms with van der Waals surface area (Å²) in [6.45, 7) is 0.373. The van der Waals surface area contributed by atoms with Crippen molar-refractivity contribution < 1.29 is 14.7 Å². The minimum absolute atomic E-state index is 0.373. The summed E-state index contributed by atoms with van der Waals surface area (Å²) < 4.78 is 0. The van der Waals surface area contributed by atoms with Crippen molar-refractivity contribution in [2.24, 2.45) is 5.73 Å². The van der Waals surface area contributed by atoms with Gasteiger partial charge in [0.05, 0.1) is 0 Å². The number of benzene rings is 1. The Hall–Kier alpha value is -1.53. The molecular weight excluding hydrogens is 252 g/mol. The van der Waals surface area contributed by atoms with E-state index in [0.29, 0.717) is 13.0 Å². The van der Waals surface area contributed by atoms with Crippen LogP contribution in [0.15, 0.2) is 29.2 Å². The lowest BCUT2D eigenvalue weighted by Gasteiger charge is -2.08. The first-order chi connectivity index (χ1) is 8.54. The summed E-state index contributed by atoms with van der Waals surface area (Å²) in [5, 5.41) is 11.0. The predicted octanol–water partition coefficient (Wildman–Crippen LogP) is 0.479. The summed E-state index contributed by atoms with van der Waals surface area (Å²) in [7, 11) is 0.